The lowest BCUT2D eigenvalue weighted by Crippen LogP contribution is -2.37. The number of hydrogen-bond acceptors (Lipinski definition) is 3. The molecule has 0 heterocycles. The molecule has 116 valence electrons. The van der Waals surface area contributed by atoms with Crippen LogP contribution in [0.3, 0.4) is 0 Å². The van der Waals surface area contributed by atoms with Crippen molar-refractivity contribution in [2.24, 2.45) is 11.1 Å². The predicted molar refractivity (Wildman–Crippen MR) is 81.5 cm³/mol. The molecule has 0 saturated heterocycles. The van der Waals surface area contributed by atoms with Crippen LogP contribution < -0.4 is 5.14 Å². The standard InChI is InChI=1S/C15H22N2O3S/c1-3-17(10-12-5-4-6-12)15(18)14-8-7-13(9-11(14)2)21(16,19)20/h7-9,12H,3-6,10H2,1-2H3,(H2,16,19,20). The molecule has 1 saturated carbocycles. The fourth-order valence-electron chi connectivity index (χ4n) is 2.57. The number of amides is 1. The van der Waals surface area contributed by atoms with Gasteiger partial charge in [0.15, 0.2) is 0 Å². The number of carbonyl (C=O) groups is 1. The molecular weight excluding hydrogens is 288 g/mol. The van der Waals surface area contributed by atoms with Crippen LogP contribution in [0.5, 0.6) is 0 Å². The topological polar surface area (TPSA) is 80.5 Å². The molecule has 21 heavy (non-hydrogen) atoms. The van der Waals surface area contributed by atoms with Gasteiger partial charge in [0.2, 0.25) is 10.0 Å². The van der Waals surface area contributed by atoms with E-state index in [4.69, 9.17) is 5.14 Å². The van der Waals surface area contributed by atoms with E-state index >= 15 is 0 Å². The van der Waals surface area contributed by atoms with Crippen molar-refractivity contribution in [2.45, 2.75) is 38.0 Å². The zero-order valence-corrected chi connectivity index (χ0v) is 13.3. The van der Waals surface area contributed by atoms with Gasteiger partial charge in [-0.15, -0.1) is 0 Å². The summed E-state index contributed by atoms with van der Waals surface area (Å²) in [6, 6.07) is 4.41. The van der Waals surface area contributed by atoms with Gasteiger partial charge in [-0.25, -0.2) is 13.6 Å². The Morgan fingerprint density at radius 1 is 1.38 bits per heavy atom. The molecule has 2 N–H and O–H groups in total. The lowest BCUT2D eigenvalue weighted by atomic mass is 9.85. The Hall–Kier alpha value is -1.40. The minimum atomic E-state index is -3.73. The molecule has 6 heteroatoms. The molecule has 0 aliphatic heterocycles. The summed E-state index contributed by atoms with van der Waals surface area (Å²) in [4.78, 5) is 14.5. The van der Waals surface area contributed by atoms with Gasteiger partial charge >= 0.3 is 0 Å². The van der Waals surface area contributed by atoms with Gasteiger partial charge < -0.3 is 4.90 Å². The average Bonchev–Trinajstić information content (AvgIpc) is 2.36. The summed E-state index contributed by atoms with van der Waals surface area (Å²) < 4.78 is 22.7. The van der Waals surface area contributed by atoms with Crippen molar-refractivity contribution in [1.82, 2.24) is 4.90 Å². The highest BCUT2D eigenvalue weighted by Crippen LogP contribution is 2.27. The Balaban J connectivity index is 2.21. The van der Waals surface area contributed by atoms with E-state index < -0.39 is 10.0 Å². The quantitative estimate of drug-likeness (QED) is 0.902. The first-order valence-corrected chi connectivity index (χ1v) is 8.80. The molecule has 1 aromatic carbocycles. The lowest BCUT2D eigenvalue weighted by molar-refractivity contribution is 0.0705. The van der Waals surface area contributed by atoms with E-state index in [0.717, 1.165) is 6.54 Å². The molecular formula is C15H22N2O3S. The van der Waals surface area contributed by atoms with Gasteiger partial charge in [0.25, 0.3) is 5.91 Å². The average molecular weight is 310 g/mol. The number of carbonyl (C=O) groups excluding carboxylic acids is 1. The predicted octanol–water partition coefficient (Wildman–Crippen LogP) is 1.90. The minimum absolute atomic E-state index is 0.0390. The van der Waals surface area contributed by atoms with Crippen LogP contribution in [0.4, 0.5) is 0 Å². The van der Waals surface area contributed by atoms with E-state index in [9.17, 15) is 13.2 Å². The zero-order chi connectivity index (χ0) is 15.6. The molecule has 0 bridgehead atoms. The first-order valence-electron chi connectivity index (χ1n) is 7.25. The number of hydrogen-bond donors (Lipinski definition) is 1. The van der Waals surface area contributed by atoms with Crippen molar-refractivity contribution < 1.29 is 13.2 Å². The Bertz CT molecular complexity index is 636. The van der Waals surface area contributed by atoms with Crippen LogP contribution in [0.25, 0.3) is 0 Å². The monoisotopic (exact) mass is 310 g/mol. The Kier molecular flexibility index (Phi) is 4.68. The fourth-order valence-corrected chi connectivity index (χ4v) is 3.16. The highest BCUT2D eigenvalue weighted by Gasteiger charge is 2.24. The van der Waals surface area contributed by atoms with Crippen LogP contribution in [0, 0.1) is 12.8 Å². The number of benzene rings is 1. The molecule has 1 aromatic rings. The molecule has 1 aliphatic carbocycles. The minimum Gasteiger partial charge on any atom is -0.339 e. The molecule has 0 radical (unpaired) electrons. The van der Waals surface area contributed by atoms with Crippen LogP contribution in [0.1, 0.15) is 42.1 Å². The summed E-state index contributed by atoms with van der Waals surface area (Å²) in [6.07, 6.45) is 3.62. The number of aryl methyl sites for hydroxylation is 1. The largest absolute Gasteiger partial charge is 0.339 e. The van der Waals surface area contributed by atoms with E-state index in [0.29, 0.717) is 23.6 Å². The second-order valence-electron chi connectivity index (χ2n) is 5.66. The van der Waals surface area contributed by atoms with E-state index in [-0.39, 0.29) is 10.8 Å². The third kappa shape index (κ3) is 3.63. The second kappa shape index (κ2) is 6.15. The van der Waals surface area contributed by atoms with Crippen LogP contribution in [-0.2, 0) is 10.0 Å². The van der Waals surface area contributed by atoms with E-state index in [1.165, 1.54) is 31.4 Å². The van der Waals surface area contributed by atoms with Gasteiger partial charge in [0.1, 0.15) is 0 Å². The molecule has 2 rings (SSSR count). The van der Waals surface area contributed by atoms with Gasteiger partial charge in [-0.2, -0.15) is 0 Å². The summed E-state index contributed by atoms with van der Waals surface area (Å²) in [5.41, 5.74) is 1.18. The number of nitrogens with two attached hydrogens (primary N) is 1. The van der Waals surface area contributed by atoms with Crippen molar-refractivity contribution in [3.63, 3.8) is 0 Å². The SMILES string of the molecule is CCN(CC1CCC1)C(=O)c1ccc(S(N)(=O)=O)cc1C. The zero-order valence-electron chi connectivity index (χ0n) is 12.5. The smallest absolute Gasteiger partial charge is 0.254 e. The van der Waals surface area contributed by atoms with Crippen LogP contribution >= 0.6 is 0 Å². The highest BCUT2D eigenvalue weighted by atomic mass is 32.2. The maximum absolute atomic E-state index is 12.6. The van der Waals surface area contributed by atoms with Crippen molar-refractivity contribution in [3.05, 3.63) is 29.3 Å². The molecule has 5 nitrogen and oxygen atoms in total. The number of sulfonamides is 1. The number of rotatable bonds is 5. The third-order valence-corrected chi connectivity index (χ3v) is 5.04. The summed E-state index contributed by atoms with van der Waals surface area (Å²) in [7, 11) is -3.73. The highest BCUT2D eigenvalue weighted by molar-refractivity contribution is 7.89. The van der Waals surface area contributed by atoms with Crippen molar-refractivity contribution in [1.29, 1.82) is 0 Å². The summed E-state index contributed by atoms with van der Waals surface area (Å²) >= 11 is 0. The van der Waals surface area contributed by atoms with Crippen LogP contribution in [0.2, 0.25) is 0 Å². The Labute approximate surface area is 126 Å². The number of nitrogens with zero attached hydrogens (tertiary/aromatic N) is 1. The van der Waals surface area contributed by atoms with E-state index in [1.807, 2.05) is 11.8 Å². The van der Waals surface area contributed by atoms with Gasteiger partial charge in [-0.05, 0) is 56.4 Å². The molecule has 0 unspecified atom stereocenters. The molecule has 0 atom stereocenters. The lowest BCUT2D eigenvalue weighted by Gasteiger charge is -2.32. The first-order chi connectivity index (χ1) is 9.82. The molecule has 1 fully saturated rings. The number of primary sulfonamides is 1. The molecule has 0 aromatic heterocycles. The second-order valence-corrected chi connectivity index (χ2v) is 7.22. The third-order valence-electron chi connectivity index (χ3n) is 4.13. The van der Waals surface area contributed by atoms with Crippen LogP contribution in [-0.4, -0.2) is 32.3 Å². The normalized spacial score (nSPS) is 15.6. The van der Waals surface area contributed by atoms with Crippen LogP contribution in [0.15, 0.2) is 23.1 Å². The summed E-state index contributed by atoms with van der Waals surface area (Å²) in [5, 5.41) is 5.11. The maximum Gasteiger partial charge on any atom is 0.254 e. The van der Waals surface area contributed by atoms with Gasteiger partial charge in [0.05, 0.1) is 4.90 Å². The van der Waals surface area contributed by atoms with E-state index in [1.54, 1.807) is 13.0 Å². The van der Waals surface area contributed by atoms with Crippen molar-refractivity contribution >= 4 is 15.9 Å². The summed E-state index contributed by atoms with van der Waals surface area (Å²) in [6.45, 7) is 5.14. The molecule has 1 amide bonds. The maximum atomic E-state index is 12.6. The fraction of sp³-hybridized carbons (Fsp3) is 0.533. The van der Waals surface area contributed by atoms with Crippen molar-refractivity contribution in [2.75, 3.05) is 13.1 Å². The van der Waals surface area contributed by atoms with Gasteiger partial charge in [-0.1, -0.05) is 6.42 Å². The van der Waals surface area contributed by atoms with Gasteiger partial charge in [0, 0.05) is 18.7 Å². The Morgan fingerprint density at radius 2 is 2.05 bits per heavy atom. The molecule has 0 spiro atoms. The van der Waals surface area contributed by atoms with Gasteiger partial charge in [-0.3, -0.25) is 4.79 Å². The Morgan fingerprint density at radius 3 is 2.48 bits per heavy atom. The van der Waals surface area contributed by atoms with E-state index in [2.05, 4.69) is 0 Å². The van der Waals surface area contributed by atoms with Crippen molar-refractivity contribution in [3.8, 4) is 0 Å². The molecule has 1 aliphatic rings. The first kappa shape index (κ1) is 16.0. The summed E-state index contributed by atoms with van der Waals surface area (Å²) in [5.74, 6) is 0.570.